The van der Waals surface area contributed by atoms with Gasteiger partial charge in [-0.2, -0.15) is 0 Å². The Morgan fingerprint density at radius 2 is 1.88 bits per heavy atom. The molecule has 1 saturated heterocycles. The number of carbonyl (C=O) groups is 1. The van der Waals surface area contributed by atoms with Crippen molar-refractivity contribution in [2.75, 3.05) is 39.2 Å². The molecule has 1 amide bonds. The molecule has 1 saturated carbocycles. The first kappa shape index (κ1) is 17.1. The number of nitrogens with one attached hydrogen (secondary N) is 2. The molecule has 132 valence electrons. The molecule has 1 aliphatic carbocycles. The van der Waals surface area contributed by atoms with Crippen molar-refractivity contribution in [3.8, 4) is 11.5 Å². The lowest BCUT2D eigenvalue weighted by Gasteiger charge is -2.38. The molecule has 0 radical (unpaired) electrons. The van der Waals surface area contributed by atoms with Crippen molar-refractivity contribution in [3.63, 3.8) is 0 Å². The van der Waals surface area contributed by atoms with E-state index in [1.807, 2.05) is 12.1 Å². The molecule has 0 aromatic heterocycles. The summed E-state index contributed by atoms with van der Waals surface area (Å²) in [7, 11) is 3.20. The molecule has 1 aromatic carbocycles. The highest BCUT2D eigenvalue weighted by Crippen LogP contribution is 2.32. The van der Waals surface area contributed by atoms with Crippen LogP contribution in [0.2, 0.25) is 0 Å². The van der Waals surface area contributed by atoms with Gasteiger partial charge in [0.15, 0.2) is 18.0 Å². The Balaban J connectivity index is 1.54. The van der Waals surface area contributed by atoms with Crippen LogP contribution < -0.4 is 19.7 Å². The van der Waals surface area contributed by atoms with Gasteiger partial charge in [-0.05, 0) is 37.3 Å². The van der Waals surface area contributed by atoms with E-state index in [1.54, 1.807) is 20.3 Å². The number of carbonyl (C=O) groups excluding carboxylic acids is 1. The van der Waals surface area contributed by atoms with Crippen LogP contribution in [0.15, 0.2) is 18.2 Å². The molecular weight excluding hydrogens is 304 g/mol. The Kier molecular flexibility index (Phi) is 5.61. The monoisotopic (exact) mass is 333 g/mol. The van der Waals surface area contributed by atoms with Gasteiger partial charge < -0.3 is 19.7 Å². The minimum atomic E-state index is 0.0754. The third-order valence-corrected chi connectivity index (χ3v) is 5.56. The van der Waals surface area contributed by atoms with Crippen molar-refractivity contribution < 1.29 is 19.2 Å². The van der Waals surface area contributed by atoms with E-state index in [0.29, 0.717) is 18.0 Å². The summed E-state index contributed by atoms with van der Waals surface area (Å²) in [6, 6.07) is 5.47. The number of hydrogen-bond donors (Lipinski definition) is 2. The van der Waals surface area contributed by atoms with E-state index in [1.165, 1.54) is 37.0 Å². The number of anilines is 1. The molecule has 2 aliphatic rings. The number of quaternary nitrogens is 1. The summed E-state index contributed by atoms with van der Waals surface area (Å²) in [5.41, 5.74) is 0.754. The average molecular weight is 333 g/mol. The Hall–Kier alpha value is -1.75. The van der Waals surface area contributed by atoms with Crippen LogP contribution in [0.1, 0.15) is 32.1 Å². The normalized spacial score (nSPS) is 26.3. The second kappa shape index (κ2) is 7.88. The highest BCUT2D eigenvalue weighted by molar-refractivity contribution is 5.91. The highest BCUT2D eigenvalue weighted by Gasteiger charge is 2.34. The molecular formula is C19H29N2O3+. The molecule has 2 N–H and O–H groups in total. The van der Waals surface area contributed by atoms with Crippen LogP contribution in [0.5, 0.6) is 11.5 Å². The second-order valence-electron chi connectivity index (χ2n) is 7.09. The summed E-state index contributed by atoms with van der Waals surface area (Å²) in [6.07, 6.45) is 6.80. The first-order valence-corrected chi connectivity index (χ1v) is 9.05. The van der Waals surface area contributed by atoms with E-state index in [2.05, 4.69) is 5.32 Å². The fourth-order valence-electron chi connectivity index (χ4n) is 4.30. The van der Waals surface area contributed by atoms with Crippen LogP contribution in [0.25, 0.3) is 0 Å². The average Bonchev–Trinajstić information content (AvgIpc) is 2.61. The van der Waals surface area contributed by atoms with Gasteiger partial charge in [0.2, 0.25) is 0 Å². The van der Waals surface area contributed by atoms with Gasteiger partial charge in [0.05, 0.1) is 27.3 Å². The predicted octanol–water partition coefficient (Wildman–Crippen LogP) is 1.74. The van der Waals surface area contributed by atoms with Gasteiger partial charge in [-0.15, -0.1) is 0 Å². The number of methoxy groups -OCH3 is 2. The molecule has 5 nitrogen and oxygen atoms in total. The second-order valence-corrected chi connectivity index (χ2v) is 7.09. The van der Waals surface area contributed by atoms with Gasteiger partial charge >= 0.3 is 0 Å². The summed E-state index contributed by atoms with van der Waals surface area (Å²) < 4.78 is 10.5. The molecule has 0 bridgehead atoms. The van der Waals surface area contributed by atoms with E-state index in [9.17, 15) is 4.79 Å². The Bertz CT molecular complexity index is 576. The lowest BCUT2D eigenvalue weighted by molar-refractivity contribution is -0.902. The number of ether oxygens (including phenoxy) is 2. The largest absolute Gasteiger partial charge is 0.493 e. The minimum Gasteiger partial charge on any atom is -0.493 e. The van der Waals surface area contributed by atoms with E-state index in [4.69, 9.17) is 9.47 Å². The van der Waals surface area contributed by atoms with E-state index >= 15 is 0 Å². The van der Waals surface area contributed by atoms with Crippen LogP contribution >= 0.6 is 0 Å². The molecule has 5 heteroatoms. The lowest BCUT2D eigenvalue weighted by Crippen LogP contribution is -3.15. The smallest absolute Gasteiger partial charge is 0.279 e. The van der Waals surface area contributed by atoms with Crippen molar-refractivity contribution in [2.24, 2.45) is 11.8 Å². The minimum absolute atomic E-state index is 0.0754. The number of likely N-dealkylation sites (tertiary alicyclic amines) is 1. The number of amides is 1. The van der Waals surface area contributed by atoms with E-state index < -0.39 is 0 Å². The van der Waals surface area contributed by atoms with Crippen LogP contribution in [0.4, 0.5) is 5.69 Å². The van der Waals surface area contributed by atoms with Gasteiger partial charge in [-0.1, -0.05) is 12.8 Å². The molecule has 24 heavy (non-hydrogen) atoms. The maximum absolute atomic E-state index is 12.4. The summed E-state index contributed by atoms with van der Waals surface area (Å²) >= 11 is 0. The molecule has 1 aliphatic heterocycles. The van der Waals surface area contributed by atoms with Gasteiger partial charge in [0.25, 0.3) is 5.91 Å². The molecule has 0 spiro atoms. The molecule has 3 atom stereocenters. The van der Waals surface area contributed by atoms with Crippen molar-refractivity contribution in [1.29, 1.82) is 0 Å². The van der Waals surface area contributed by atoms with Crippen LogP contribution in [-0.4, -0.2) is 39.8 Å². The Morgan fingerprint density at radius 3 is 2.62 bits per heavy atom. The molecule has 3 rings (SSSR count). The SMILES string of the molecule is COc1ccc(NC(=O)C[NH+]2CC[C@@H]3CCCC[C@@H]3C2)cc1OC. The zero-order valence-corrected chi connectivity index (χ0v) is 14.8. The molecule has 2 fully saturated rings. The number of benzene rings is 1. The Morgan fingerprint density at radius 1 is 1.12 bits per heavy atom. The van der Waals surface area contributed by atoms with E-state index in [-0.39, 0.29) is 5.91 Å². The number of piperidine rings is 1. The summed E-state index contributed by atoms with van der Waals surface area (Å²) in [5.74, 6) is 3.12. The maximum atomic E-state index is 12.4. The standard InChI is InChI=1S/C19H28N2O3/c1-23-17-8-7-16(11-18(17)24-2)20-19(22)13-21-10-9-14-5-3-4-6-15(14)12-21/h7-8,11,14-15H,3-6,9-10,12-13H2,1-2H3,(H,20,22)/p+1/t14-,15+/m0/s1. The van der Waals surface area contributed by atoms with Crippen molar-refractivity contribution >= 4 is 11.6 Å². The maximum Gasteiger partial charge on any atom is 0.279 e. The first-order chi connectivity index (χ1) is 11.7. The summed E-state index contributed by atoms with van der Waals surface area (Å²) in [4.78, 5) is 13.8. The fourth-order valence-corrected chi connectivity index (χ4v) is 4.30. The number of rotatable bonds is 5. The predicted molar refractivity (Wildman–Crippen MR) is 93.8 cm³/mol. The van der Waals surface area contributed by atoms with Gasteiger partial charge in [-0.3, -0.25) is 4.79 Å². The summed E-state index contributed by atoms with van der Waals surface area (Å²) in [5, 5.41) is 2.99. The van der Waals surface area contributed by atoms with Crippen molar-refractivity contribution in [1.82, 2.24) is 0 Å². The molecule has 1 heterocycles. The molecule has 1 aromatic rings. The lowest BCUT2D eigenvalue weighted by atomic mass is 9.75. The van der Waals surface area contributed by atoms with E-state index in [0.717, 1.165) is 30.6 Å². The van der Waals surface area contributed by atoms with Gasteiger partial charge in [0, 0.05) is 17.7 Å². The highest BCUT2D eigenvalue weighted by atomic mass is 16.5. The van der Waals surface area contributed by atoms with Crippen molar-refractivity contribution in [2.45, 2.75) is 32.1 Å². The molecule has 1 unspecified atom stereocenters. The number of fused-ring (bicyclic) bond motifs is 1. The fraction of sp³-hybridized carbons (Fsp3) is 0.632. The third kappa shape index (κ3) is 4.01. The topological polar surface area (TPSA) is 52.0 Å². The van der Waals surface area contributed by atoms with Crippen LogP contribution in [-0.2, 0) is 4.79 Å². The third-order valence-electron chi connectivity index (χ3n) is 5.56. The quantitative estimate of drug-likeness (QED) is 0.863. The number of hydrogen-bond acceptors (Lipinski definition) is 3. The first-order valence-electron chi connectivity index (χ1n) is 9.05. The van der Waals surface area contributed by atoms with Gasteiger partial charge in [0.1, 0.15) is 0 Å². The van der Waals surface area contributed by atoms with Crippen LogP contribution in [0, 0.1) is 11.8 Å². The van der Waals surface area contributed by atoms with Crippen molar-refractivity contribution in [3.05, 3.63) is 18.2 Å². The summed E-state index contributed by atoms with van der Waals surface area (Å²) in [6.45, 7) is 2.84. The Labute approximate surface area is 144 Å². The van der Waals surface area contributed by atoms with Gasteiger partial charge in [-0.25, -0.2) is 0 Å². The van der Waals surface area contributed by atoms with Crippen LogP contribution in [0.3, 0.4) is 0 Å². The zero-order valence-electron chi connectivity index (χ0n) is 14.8. The zero-order chi connectivity index (χ0) is 16.9.